The van der Waals surface area contributed by atoms with E-state index in [0.717, 1.165) is 39.3 Å². The minimum atomic E-state index is -4.94. The summed E-state index contributed by atoms with van der Waals surface area (Å²) in [5, 5.41) is 11.5. The van der Waals surface area contributed by atoms with Crippen LogP contribution in [0.5, 0.6) is 0 Å². The number of hydrogen-bond acceptors (Lipinski definition) is 6. The largest absolute Gasteiger partial charge is 0.276 e. The van der Waals surface area contributed by atoms with Crippen molar-refractivity contribution in [1.82, 2.24) is 0 Å². The second kappa shape index (κ2) is 11.7. The molecule has 0 aliphatic rings. The van der Waals surface area contributed by atoms with Gasteiger partial charge in [-0.15, -0.1) is 10.2 Å². The maximum atomic E-state index is 11.5. The van der Waals surface area contributed by atoms with Gasteiger partial charge in [-0.2, -0.15) is 4.57 Å². The molecule has 0 unspecified atom stereocenters. The fourth-order valence-electron chi connectivity index (χ4n) is 4.06. The third-order valence-electron chi connectivity index (χ3n) is 5.61. The van der Waals surface area contributed by atoms with Crippen molar-refractivity contribution in [2.24, 2.45) is 0 Å². The summed E-state index contributed by atoms with van der Waals surface area (Å²) in [5.41, 5.74) is 6.95. The molecule has 9 heteroatoms. The predicted octanol–water partition coefficient (Wildman–Crippen LogP) is 2.12. The van der Waals surface area contributed by atoms with Gasteiger partial charge in [0.2, 0.25) is 17.1 Å². The Bertz CT molecular complexity index is 1460. The van der Waals surface area contributed by atoms with E-state index < -0.39 is 10.2 Å². The van der Waals surface area contributed by atoms with E-state index in [-0.39, 0.29) is 10.6 Å². The molecule has 0 spiro atoms. The van der Waals surface area contributed by atoms with E-state index in [1.54, 1.807) is 12.1 Å². The molecule has 0 bridgehead atoms. The number of pyridine rings is 1. The molecule has 5 rings (SSSR count). The molecule has 0 aliphatic carbocycles. The molecule has 0 aliphatic heterocycles. The van der Waals surface area contributed by atoms with Gasteiger partial charge in [0.05, 0.1) is 11.0 Å². The van der Waals surface area contributed by atoms with Crippen molar-refractivity contribution in [2.75, 3.05) is 0 Å². The number of non-ortho nitro benzene ring substituents is 1. The molecule has 5 aromatic rings. The Kier molecular flexibility index (Phi) is 8.22. The average molecular weight is 529 g/mol. The van der Waals surface area contributed by atoms with Crippen LogP contribution in [0.3, 0.4) is 0 Å². The first-order chi connectivity index (χ1) is 18.2. The maximum absolute atomic E-state index is 11.5. The van der Waals surface area contributed by atoms with Crippen molar-refractivity contribution in [3.05, 3.63) is 138 Å². The van der Waals surface area contributed by atoms with Crippen LogP contribution in [-0.4, -0.2) is 4.92 Å². The number of halogens is 1. The van der Waals surface area contributed by atoms with E-state index in [2.05, 4.69) is 53.1 Å². The van der Waals surface area contributed by atoms with E-state index in [1.165, 1.54) is 6.07 Å². The predicted molar refractivity (Wildman–Crippen MR) is 131 cm³/mol. The summed E-state index contributed by atoms with van der Waals surface area (Å²) >= 11 is 0. The Morgan fingerprint density at radius 1 is 0.526 bits per heavy atom. The van der Waals surface area contributed by atoms with Crippen LogP contribution in [0, 0.1) is 20.4 Å². The molecule has 8 nitrogen and oxygen atoms in total. The molecule has 4 aromatic carbocycles. The average Bonchev–Trinajstić information content (AvgIpc) is 2.93. The standard InChI is InChI=1S/C29H21N2O2.ClHO4/c32-31(33)27-18-10-17-26(21-27)30-28(23-13-6-2-7-14-23)19-25(22-11-4-1-5-12-22)20-29(30)24-15-8-3-9-16-24;2-1(3,4)5/h1-21H;(H,2,3,4,5)/q+1;/p-1. The third-order valence-corrected chi connectivity index (χ3v) is 5.61. The van der Waals surface area contributed by atoms with Crippen LogP contribution < -0.4 is 23.2 Å². The van der Waals surface area contributed by atoms with Crippen molar-refractivity contribution in [3.63, 3.8) is 0 Å². The molecular weight excluding hydrogens is 508 g/mol. The lowest BCUT2D eigenvalue weighted by atomic mass is 9.98. The van der Waals surface area contributed by atoms with Crippen LogP contribution in [0.2, 0.25) is 0 Å². The Morgan fingerprint density at radius 3 is 1.37 bits per heavy atom. The number of hydrogen-bond donors (Lipinski definition) is 0. The summed E-state index contributed by atoms with van der Waals surface area (Å²) in [4.78, 5) is 11.2. The van der Waals surface area contributed by atoms with Gasteiger partial charge in [-0.1, -0.05) is 66.7 Å². The summed E-state index contributed by atoms with van der Waals surface area (Å²) in [6, 6.07) is 41.6. The number of nitro benzene ring substituents is 1. The summed E-state index contributed by atoms with van der Waals surface area (Å²) < 4.78 is 36.1. The zero-order valence-corrected chi connectivity index (χ0v) is 20.6. The first-order valence-electron chi connectivity index (χ1n) is 11.3. The van der Waals surface area contributed by atoms with Crippen molar-refractivity contribution >= 4 is 5.69 Å². The highest BCUT2D eigenvalue weighted by molar-refractivity contribution is 5.74. The van der Waals surface area contributed by atoms with Gasteiger partial charge < -0.3 is 0 Å². The maximum Gasteiger partial charge on any atom is 0.276 e. The van der Waals surface area contributed by atoms with Crippen molar-refractivity contribution < 1.29 is 38.4 Å². The van der Waals surface area contributed by atoms with Gasteiger partial charge in [-0.3, -0.25) is 10.1 Å². The smallest absolute Gasteiger partial charge is 0.258 e. The SMILES string of the molecule is O=[N+]([O-])c1cccc(-[n+]2c(-c3ccccc3)cc(-c3ccccc3)cc2-c2ccccc2)c1.[O-][Cl+3]([O-])([O-])[O-]. The first kappa shape index (κ1) is 26.6. The van der Waals surface area contributed by atoms with E-state index in [9.17, 15) is 10.1 Å². The lowest BCUT2D eigenvalue weighted by molar-refractivity contribution is -2.00. The van der Waals surface area contributed by atoms with Crippen LogP contribution >= 0.6 is 0 Å². The Hall–Kier alpha value is -4.44. The number of nitro groups is 1. The summed E-state index contributed by atoms with van der Waals surface area (Å²) in [6.45, 7) is 0. The van der Waals surface area contributed by atoms with Crippen molar-refractivity contribution in [3.8, 4) is 39.3 Å². The minimum Gasteiger partial charge on any atom is -0.258 e. The Balaban J connectivity index is 0.000000617. The van der Waals surface area contributed by atoms with Gasteiger partial charge >= 0.3 is 0 Å². The Morgan fingerprint density at radius 2 is 0.947 bits per heavy atom. The number of nitrogens with zero attached hydrogens (tertiary/aromatic N) is 2. The number of benzene rings is 4. The molecule has 0 fully saturated rings. The second-order valence-corrected chi connectivity index (χ2v) is 8.86. The van der Waals surface area contributed by atoms with Gasteiger partial charge in [0, 0.05) is 35.4 Å². The van der Waals surface area contributed by atoms with E-state index in [4.69, 9.17) is 18.6 Å². The molecular formula is C29H21ClN2O6. The van der Waals surface area contributed by atoms with Crippen molar-refractivity contribution in [2.45, 2.75) is 0 Å². The Labute approximate surface area is 220 Å². The topological polar surface area (TPSA) is 139 Å². The molecule has 0 N–H and O–H groups in total. The normalized spacial score (nSPS) is 10.8. The molecule has 38 heavy (non-hydrogen) atoms. The second-order valence-electron chi connectivity index (χ2n) is 8.10. The van der Waals surface area contributed by atoms with Gasteiger partial charge in [0.1, 0.15) is 0 Å². The monoisotopic (exact) mass is 528 g/mol. The molecule has 0 radical (unpaired) electrons. The third kappa shape index (κ3) is 6.86. The first-order valence-corrected chi connectivity index (χ1v) is 12.6. The molecule has 190 valence electrons. The van der Waals surface area contributed by atoms with Gasteiger partial charge in [0.25, 0.3) is 5.69 Å². The van der Waals surface area contributed by atoms with Crippen LogP contribution in [-0.2, 0) is 0 Å². The van der Waals surface area contributed by atoms with E-state index >= 15 is 0 Å². The van der Waals surface area contributed by atoms with Crippen LogP contribution in [0.25, 0.3) is 39.3 Å². The van der Waals surface area contributed by atoms with Gasteiger partial charge in [0.15, 0.2) is 0 Å². The van der Waals surface area contributed by atoms with Gasteiger partial charge in [-0.25, -0.2) is 18.6 Å². The summed E-state index contributed by atoms with van der Waals surface area (Å²) in [5.74, 6) is 0. The fourth-order valence-corrected chi connectivity index (χ4v) is 4.06. The highest BCUT2D eigenvalue weighted by Crippen LogP contribution is 2.31. The minimum absolute atomic E-state index is 0.0603. The van der Waals surface area contributed by atoms with Crippen molar-refractivity contribution in [1.29, 1.82) is 0 Å². The molecule has 0 saturated heterocycles. The van der Waals surface area contributed by atoms with Crippen LogP contribution in [0.15, 0.2) is 127 Å². The number of aromatic nitrogens is 1. The molecule has 1 heterocycles. The molecule has 0 amide bonds. The quantitative estimate of drug-likeness (QED) is 0.194. The lowest BCUT2D eigenvalue weighted by Gasteiger charge is -2.17. The fraction of sp³-hybridized carbons (Fsp3) is 0. The lowest BCUT2D eigenvalue weighted by Crippen LogP contribution is -2.68. The van der Waals surface area contributed by atoms with Crippen LogP contribution in [0.4, 0.5) is 5.69 Å². The van der Waals surface area contributed by atoms with E-state index in [0.29, 0.717) is 0 Å². The zero-order valence-electron chi connectivity index (χ0n) is 19.8. The van der Waals surface area contributed by atoms with Gasteiger partial charge in [-0.05, 0) is 41.5 Å². The number of rotatable bonds is 5. The summed E-state index contributed by atoms with van der Waals surface area (Å²) in [6.07, 6.45) is 0. The molecule has 0 saturated carbocycles. The highest BCUT2D eigenvalue weighted by Gasteiger charge is 2.26. The zero-order chi connectivity index (χ0) is 27.1. The molecule has 1 aromatic heterocycles. The molecule has 0 atom stereocenters. The highest BCUT2D eigenvalue weighted by atomic mass is 35.7. The summed E-state index contributed by atoms with van der Waals surface area (Å²) in [7, 11) is -4.94. The van der Waals surface area contributed by atoms with E-state index in [1.807, 2.05) is 60.7 Å². The van der Waals surface area contributed by atoms with Crippen LogP contribution in [0.1, 0.15) is 0 Å².